The maximum absolute atomic E-state index is 10.7. The van der Waals surface area contributed by atoms with Crippen molar-refractivity contribution >= 4 is 12.0 Å². The summed E-state index contributed by atoms with van der Waals surface area (Å²) in [6, 6.07) is 5.30. The topological polar surface area (TPSA) is 67.8 Å². The second kappa shape index (κ2) is 4.02. The van der Waals surface area contributed by atoms with Crippen LogP contribution in [0.4, 0.5) is 0 Å². The lowest BCUT2D eigenvalue weighted by molar-refractivity contribution is -0.124. The van der Waals surface area contributed by atoms with Gasteiger partial charge in [-0.05, 0) is 23.8 Å². The van der Waals surface area contributed by atoms with Crippen LogP contribution in [0.2, 0.25) is 0 Å². The molecule has 0 atom stereocenters. The van der Waals surface area contributed by atoms with Gasteiger partial charge in [0.1, 0.15) is 0 Å². The third kappa shape index (κ3) is 2.08. The number of nitrogens with one attached hydrogen (secondary N) is 1. The highest BCUT2D eigenvalue weighted by Gasteiger charge is 2.12. The first-order valence-electron chi connectivity index (χ1n) is 4.31. The summed E-state index contributed by atoms with van der Waals surface area (Å²) in [5, 5.41) is 8.27. The highest BCUT2D eigenvalue weighted by Crippen LogP contribution is 2.32. The summed E-state index contributed by atoms with van der Waals surface area (Å²) in [7, 11) is 0. The van der Waals surface area contributed by atoms with E-state index < -0.39 is 5.91 Å². The van der Waals surface area contributed by atoms with E-state index in [1.54, 1.807) is 24.3 Å². The van der Waals surface area contributed by atoms with Crippen molar-refractivity contribution in [2.45, 2.75) is 0 Å². The molecule has 5 nitrogen and oxygen atoms in total. The van der Waals surface area contributed by atoms with Crippen LogP contribution in [0.25, 0.3) is 6.08 Å². The van der Waals surface area contributed by atoms with Crippen molar-refractivity contribution in [2.24, 2.45) is 0 Å². The number of hydrogen-bond acceptors (Lipinski definition) is 4. The molecule has 1 aromatic rings. The fraction of sp³-hybridized carbons (Fsp3) is 0.100. The SMILES string of the molecule is O=C(C=Cc1ccc2c(c1)OCO2)NO. The monoisotopic (exact) mass is 207 g/mol. The molecule has 1 amide bonds. The number of hydroxylamine groups is 1. The summed E-state index contributed by atoms with van der Waals surface area (Å²) < 4.78 is 10.3. The Morgan fingerprint density at radius 1 is 1.40 bits per heavy atom. The molecule has 0 aromatic heterocycles. The molecule has 1 aliphatic rings. The number of carbonyl (C=O) groups excluding carboxylic acids is 1. The maximum Gasteiger partial charge on any atom is 0.267 e. The first-order valence-corrected chi connectivity index (χ1v) is 4.31. The molecule has 0 saturated heterocycles. The van der Waals surface area contributed by atoms with E-state index in [-0.39, 0.29) is 6.79 Å². The second-order valence-electron chi connectivity index (χ2n) is 2.92. The molecule has 5 heteroatoms. The molecule has 0 aliphatic carbocycles. The van der Waals surface area contributed by atoms with Gasteiger partial charge < -0.3 is 9.47 Å². The van der Waals surface area contributed by atoms with Crippen molar-refractivity contribution < 1.29 is 19.5 Å². The maximum atomic E-state index is 10.7. The fourth-order valence-electron chi connectivity index (χ4n) is 1.23. The average Bonchev–Trinajstić information content (AvgIpc) is 2.72. The Bertz CT molecular complexity index is 414. The molecule has 0 fully saturated rings. The number of hydrogen-bond donors (Lipinski definition) is 2. The Morgan fingerprint density at radius 3 is 3.00 bits per heavy atom. The number of amides is 1. The van der Waals surface area contributed by atoms with Gasteiger partial charge in [0, 0.05) is 6.08 Å². The Kier molecular flexibility index (Phi) is 2.55. The van der Waals surface area contributed by atoms with Crippen molar-refractivity contribution in [3.05, 3.63) is 29.8 Å². The van der Waals surface area contributed by atoms with Crippen molar-refractivity contribution in [2.75, 3.05) is 6.79 Å². The van der Waals surface area contributed by atoms with Gasteiger partial charge in [-0.15, -0.1) is 0 Å². The summed E-state index contributed by atoms with van der Waals surface area (Å²) >= 11 is 0. The van der Waals surface area contributed by atoms with Crippen molar-refractivity contribution in [1.29, 1.82) is 0 Å². The predicted molar refractivity (Wildman–Crippen MR) is 51.5 cm³/mol. The molecule has 1 aliphatic heterocycles. The predicted octanol–water partition coefficient (Wildman–Crippen LogP) is 0.934. The standard InChI is InChI=1S/C10H9NO4/c12-10(11-13)4-2-7-1-3-8-9(5-7)15-6-14-8/h1-5,13H,6H2,(H,11,12). The lowest BCUT2D eigenvalue weighted by Gasteiger charge is -1.97. The van der Waals surface area contributed by atoms with Gasteiger partial charge >= 0.3 is 0 Å². The highest BCUT2D eigenvalue weighted by atomic mass is 16.7. The smallest absolute Gasteiger partial charge is 0.267 e. The Labute approximate surface area is 85.9 Å². The molecule has 0 bridgehead atoms. The van der Waals surface area contributed by atoms with Crippen LogP contribution in [-0.4, -0.2) is 17.9 Å². The van der Waals surface area contributed by atoms with Gasteiger partial charge in [0.2, 0.25) is 6.79 Å². The highest BCUT2D eigenvalue weighted by molar-refractivity contribution is 5.90. The van der Waals surface area contributed by atoms with Crippen molar-refractivity contribution in [3.8, 4) is 11.5 Å². The van der Waals surface area contributed by atoms with E-state index >= 15 is 0 Å². The molecule has 78 valence electrons. The van der Waals surface area contributed by atoms with E-state index in [9.17, 15) is 4.79 Å². The van der Waals surface area contributed by atoms with Crippen LogP contribution < -0.4 is 15.0 Å². The molecule has 0 unspecified atom stereocenters. The summed E-state index contributed by atoms with van der Waals surface area (Å²) in [5.74, 6) is 0.771. The van der Waals surface area contributed by atoms with Crippen LogP contribution >= 0.6 is 0 Å². The zero-order chi connectivity index (χ0) is 10.7. The van der Waals surface area contributed by atoms with Gasteiger partial charge in [0.25, 0.3) is 5.91 Å². The van der Waals surface area contributed by atoms with Crippen molar-refractivity contribution in [3.63, 3.8) is 0 Å². The molecule has 2 rings (SSSR count). The fourth-order valence-corrected chi connectivity index (χ4v) is 1.23. The number of carbonyl (C=O) groups is 1. The minimum Gasteiger partial charge on any atom is -0.454 e. The lowest BCUT2D eigenvalue weighted by atomic mass is 10.2. The molecule has 0 radical (unpaired) electrons. The summed E-state index contributed by atoms with van der Waals surface area (Å²) in [6.45, 7) is 0.222. The lowest BCUT2D eigenvalue weighted by Crippen LogP contribution is -2.14. The van der Waals surface area contributed by atoms with E-state index in [1.807, 2.05) is 0 Å². The molecule has 0 saturated carbocycles. The first kappa shape index (κ1) is 9.54. The number of fused-ring (bicyclic) bond motifs is 1. The van der Waals surface area contributed by atoms with Gasteiger partial charge in [-0.3, -0.25) is 10.0 Å². The zero-order valence-corrected chi connectivity index (χ0v) is 7.77. The Hall–Kier alpha value is -2.01. The van der Waals surface area contributed by atoms with Crippen LogP contribution in [0.15, 0.2) is 24.3 Å². The summed E-state index contributed by atoms with van der Waals surface area (Å²) in [5.41, 5.74) is 2.30. The quantitative estimate of drug-likeness (QED) is 0.430. The largest absolute Gasteiger partial charge is 0.454 e. The summed E-state index contributed by atoms with van der Waals surface area (Å²) in [4.78, 5) is 10.7. The molecule has 1 aromatic carbocycles. The molecular formula is C10H9NO4. The van der Waals surface area contributed by atoms with Crippen molar-refractivity contribution in [1.82, 2.24) is 5.48 Å². The van der Waals surface area contributed by atoms with Crippen LogP contribution in [-0.2, 0) is 4.79 Å². The number of ether oxygens (including phenoxy) is 2. The van der Waals surface area contributed by atoms with Crippen LogP contribution in [0.1, 0.15) is 5.56 Å². The minimum absolute atomic E-state index is 0.222. The Morgan fingerprint density at radius 2 is 2.20 bits per heavy atom. The normalized spacial score (nSPS) is 13.1. The van der Waals surface area contributed by atoms with E-state index in [1.165, 1.54) is 11.6 Å². The molecule has 1 heterocycles. The third-order valence-electron chi connectivity index (χ3n) is 1.93. The zero-order valence-electron chi connectivity index (χ0n) is 7.77. The van der Waals surface area contributed by atoms with E-state index in [4.69, 9.17) is 14.7 Å². The second-order valence-corrected chi connectivity index (χ2v) is 2.92. The van der Waals surface area contributed by atoms with Gasteiger partial charge in [-0.25, -0.2) is 5.48 Å². The molecule has 15 heavy (non-hydrogen) atoms. The molecular weight excluding hydrogens is 198 g/mol. The van der Waals surface area contributed by atoms with Crippen LogP contribution in [0, 0.1) is 0 Å². The third-order valence-corrected chi connectivity index (χ3v) is 1.93. The Balaban J connectivity index is 2.16. The first-order chi connectivity index (χ1) is 7.29. The van der Waals surface area contributed by atoms with Gasteiger partial charge in [0.15, 0.2) is 11.5 Å². The van der Waals surface area contributed by atoms with Gasteiger partial charge in [0.05, 0.1) is 0 Å². The molecule has 0 spiro atoms. The molecule has 2 N–H and O–H groups in total. The number of rotatable bonds is 2. The van der Waals surface area contributed by atoms with E-state index in [0.717, 1.165) is 5.56 Å². The number of benzene rings is 1. The minimum atomic E-state index is -0.576. The summed E-state index contributed by atoms with van der Waals surface area (Å²) in [6.07, 6.45) is 2.78. The van der Waals surface area contributed by atoms with Gasteiger partial charge in [-0.2, -0.15) is 0 Å². The van der Waals surface area contributed by atoms with Gasteiger partial charge in [-0.1, -0.05) is 6.07 Å². The van der Waals surface area contributed by atoms with E-state index in [0.29, 0.717) is 11.5 Å². The van der Waals surface area contributed by atoms with Crippen LogP contribution in [0.5, 0.6) is 11.5 Å². The average molecular weight is 207 g/mol. The van der Waals surface area contributed by atoms with E-state index in [2.05, 4.69) is 0 Å². The van der Waals surface area contributed by atoms with Crippen LogP contribution in [0.3, 0.4) is 0 Å².